The predicted molar refractivity (Wildman–Crippen MR) is 39.4 cm³/mol. The van der Waals surface area contributed by atoms with Crippen LogP contribution in [0.4, 0.5) is 4.39 Å². The van der Waals surface area contributed by atoms with Crippen LogP contribution in [0.5, 0.6) is 0 Å². The molecule has 0 bridgehead atoms. The van der Waals surface area contributed by atoms with Crippen LogP contribution in [0.3, 0.4) is 0 Å². The van der Waals surface area contributed by atoms with Crippen LogP contribution in [-0.4, -0.2) is 0 Å². The van der Waals surface area contributed by atoms with Crippen molar-refractivity contribution in [2.75, 3.05) is 0 Å². The topological polar surface area (TPSA) is 0 Å². The van der Waals surface area contributed by atoms with Crippen molar-refractivity contribution in [2.45, 2.75) is 20.3 Å². The molecule has 0 nitrogen and oxygen atoms in total. The Labute approximate surface area is 60.7 Å². The van der Waals surface area contributed by atoms with E-state index in [1.165, 1.54) is 12.1 Å². The van der Waals surface area contributed by atoms with Gasteiger partial charge in [-0.2, -0.15) is 0 Å². The molecular weight excluding hydrogens is 127 g/mol. The van der Waals surface area contributed by atoms with E-state index in [0.29, 0.717) is 0 Å². The van der Waals surface area contributed by atoms with Crippen molar-refractivity contribution >= 4 is 0 Å². The molecule has 1 rings (SSSR count). The summed E-state index contributed by atoms with van der Waals surface area (Å²) in [5, 5.41) is 0. The van der Waals surface area contributed by atoms with Gasteiger partial charge in [-0.3, -0.25) is 0 Å². The van der Waals surface area contributed by atoms with Gasteiger partial charge in [-0.15, -0.1) is 0 Å². The fourth-order valence-corrected chi connectivity index (χ4v) is 0.931. The van der Waals surface area contributed by atoms with Gasteiger partial charge in [-0.1, -0.05) is 6.92 Å². The lowest BCUT2D eigenvalue weighted by atomic mass is 10.1. The average Bonchev–Trinajstić information content (AvgIpc) is 1.85. The number of rotatable bonds is 1. The van der Waals surface area contributed by atoms with Gasteiger partial charge in [0.15, 0.2) is 0 Å². The van der Waals surface area contributed by atoms with Gasteiger partial charge in [0.1, 0.15) is 5.82 Å². The third-order valence-electron chi connectivity index (χ3n) is 1.41. The molecule has 0 saturated carbocycles. The lowest BCUT2D eigenvalue weighted by Crippen LogP contribution is -1.85. The largest absolute Gasteiger partial charge is 0.207 e. The predicted octanol–water partition coefficient (Wildman–Crippen LogP) is 2.50. The second kappa shape index (κ2) is 2.82. The van der Waals surface area contributed by atoms with Gasteiger partial charge in [-0.25, -0.2) is 4.39 Å². The minimum atomic E-state index is -0.159. The van der Waals surface area contributed by atoms with Crippen molar-refractivity contribution in [1.82, 2.24) is 0 Å². The molecule has 1 aromatic carbocycles. The normalized spacial score (nSPS) is 9.90. The van der Waals surface area contributed by atoms with Crippen molar-refractivity contribution < 1.29 is 4.39 Å². The van der Waals surface area contributed by atoms with E-state index >= 15 is 0 Å². The second-order valence-corrected chi connectivity index (χ2v) is 2.36. The summed E-state index contributed by atoms with van der Waals surface area (Å²) in [6, 6.07) is 6.06. The Morgan fingerprint density at radius 2 is 2.20 bits per heavy atom. The Hall–Kier alpha value is -0.850. The van der Waals surface area contributed by atoms with Crippen LogP contribution in [0.2, 0.25) is 0 Å². The molecule has 0 aliphatic carbocycles. The van der Waals surface area contributed by atoms with E-state index in [9.17, 15) is 4.39 Å². The third kappa shape index (κ3) is 1.56. The molecule has 10 heavy (non-hydrogen) atoms. The summed E-state index contributed by atoms with van der Waals surface area (Å²) in [6.07, 6.45) is 0.846. The van der Waals surface area contributed by atoms with E-state index in [2.05, 4.69) is 6.07 Å². The average molecular weight is 137 g/mol. The molecule has 1 radical (unpaired) electrons. The molecule has 0 aromatic heterocycles. The fourth-order valence-electron chi connectivity index (χ4n) is 0.931. The summed E-state index contributed by atoms with van der Waals surface area (Å²) in [7, 11) is 0. The van der Waals surface area contributed by atoms with Crippen LogP contribution in [0.15, 0.2) is 12.1 Å². The molecule has 0 fully saturated rings. The second-order valence-electron chi connectivity index (χ2n) is 2.36. The van der Waals surface area contributed by atoms with E-state index in [1.807, 2.05) is 13.8 Å². The Balaban J connectivity index is 3.06. The Bertz CT molecular complexity index is 208. The van der Waals surface area contributed by atoms with E-state index in [0.717, 1.165) is 17.5 Å². The smallest absolute Gasteiger partial charge is 0.123 e. The standard InChI is InChI=1S/C9H10F/c1-3-8-4-7(2)5-9(10)6-8/h5-6H,3H2,1-2H3. The zero-order valence-corrected chi connectivity index (χ0v) is 6.24. The molecule has 0 unspecified atom stereocenters. The zero-order chi connectivity index (χ0) is 7.56. The van der Waals surface area contributed by atoms with Crippen LogP contribution in [0.1, 0.15) is 18.1 Å². The number of aryl methyl sites for hydroxylation is 2. The van der Waals surface area contributed by atoms with Gasteiger partial charge in [0.2, 0.25) is 0 Å². The number of benzene rings is 1. The highest BCUT2D eigenvalue weighted by molar-refractivity contribution is 5.21. The highest BCUT2D eigenvalue weighted by Gasteiger charge is 1.94. The lowest BCUT2D eigenvalue weighted by molar-refractivity contribution is 0.624. The number of hydrogen-bond donors (Lipinski definition) is 0. The van der Waals surface area contributed by atoms with Crippen LogP contribution < -0.4 is 0 Å². The maximum absolute atomic E-state index is 12.6. The molecule has 0 spiro atoms. The van der Waals surface area contributed by atoms with Crippen molar-refractivity contribution in [1.29, 1.82) is 0 Å². The highest BCUT2D eigenvalue weighted by Crippen LogP contribution is 2.07. The molecule has 0 amide bonds. The van der Waals surface area contributed by atoms with Gasteiger partial charge in [0.05, 0.1) is 0 Å². The summed E-state index contributed by atoms with van der Waals surface area (Å²) >= 11 is 0. The molecular formula is C9H10F. The molecule has 1 aromatic rings. The molecule has 0 aliphatic heterocycles. The van der Waals surface area contributed by atoms with Crippen LogP contribution in [0.25, 0.3) is 0 Å². The minimum Gasteiger partial charge on any atom is -0.207 e. The molecule has 0 saturated heterocycles. The molecule has 0 N–H and O–H groups in total. The molecule has 1 heteroatoms. The van der Waals surface area contributed by atoms with Gasteiger partial charge >= 0.3 is 0 Å². The van der Waals surface area contributed by atoms with E-state index in [4.69, 9.17) is 0 Å². The monoisotopic (exact) mass is 137 g/mol. The lowest BCUT2D eigenvalue weighted by Gasteiger charge is -1.97. The number of halogens is 1. The third-order valence-corrected chi connectivity index (χ3v) is 1.41. The van der Waals surface area contributed by atoms with Crippen molar-refractivity contribution in [2.24, 2.45) is 0 Å². The Morgan fingerprint density at radius 3 is 2.70 bits per heavy atom. The SMILES string of the molecule is CCc1[c]c(C)cc(F)c1. The summed E-state index contributed by atoms with van der Waals surface area (Å²) in [6.45, 7) is 3.84. The van der Waals surface area contributed by atoms with Crippen molar-refractivity contribution in [3.63, 3.8) is 0 Å². The van der Waals surface area contributed by atoms with Gasteiger partial charge in [0, 0.05) is 0 Å². The maximum Gasteiger partial charge on any atom is 0.123 e. The van der Waals surface area contributed by atoms with Crippen LogP contribution in [-0.2, 0) is 6.42 Å². The Kier molecular flexibility index (Phi) is 2.05. The maximum atomic E-state index is 12.6. The first-order chi connectivity index (χ1) is 4.72. The quantitative estimate of drug-likeness (QED) is 0.558. The molecule has 0 atom stereocenters. The Morgan fingerprint density at radius 1 is 1.50 bits per heavy atom. The highest BCUT2D eigenvalue weighted by atomic mass is 19.1. The first-order valence-corrected chi connectivity index (χ1v) is 3.40. The van der Waals surface area contributed by atoms with E-state index in [1.54, 1.807) is 0 Å². The summed E-state index contributed by atoms with van der Waals surface area (Å²) in [5.41, 5.74) is 1.81. The minimum absolute atomic E-state index is 0.159. The zero-order valence-electron chi connectivity index (χ0n) is 6.24. The van der Waals surface area contributed by atoms with Crippen LogP contribution >= 0.6 is 0 Å². The fraction of sp³-hybridized carbons (Fsp3) is 0.333. The summed E-state index contributed by atoms with van der Waals surface area (Å²) in [5.74, 6) is -0.159. The first kappa shape index (κ1) is 7.26. The summed E-state index contributed by atoms with van der Waals surface area (Å²) in [4.78, 5) is 0. The van der Waals surface area contributed by atoms with Crippen molar-refractivity contribution in [3.05, 3.63) is 35.1 Å². The van der Waals surface area contributed by atoms with Gasteiger partial charge in [0.25, 0.3) is 0 Å². The van der Waals surface area contributed by atoms with E-state index in [-0.39, 0.29) is 5.82 Å². The molecule has 0 aliphatic rings. The summed E-state index contributed by atoms with van der Waals surface area (Å²) < 4.78 is 12.6. The number of hydrogen-bond acceptors (Lipinski definition) is 0. The first-order valence-electron chi connectivity index (χ1n) is 3.40. The van der Waals surface area contributed by atoms with Gasteiger partial charge < -0.3 is 0 Å². The van der Waals surface area contributed by atoms with Crippen molar-refractivity contribution in [3.8, 4) is 0 Å². The molecule has 53 valence electrons. The molecule has 0 heterocycles. The van der Waals surface area contributed by atoms with Gasteiger partial charge in [-0.05, 0) is 42.7 Å². The van der Waals surface area contributed by atoms with E-state index < -0.39 is 0 Å². The van der Waals surface area contributed by atoms with Crippen LogP contribution in [0, 0.1) is 18.8 Å².